The first-order chi connectivity index (χ1) is 10.8. The van der Waals surface area contributed by atoms with Gasteiger partial charge in [0.2, 0.25) is 10.0 Å². The molecular formula is C14H10Cl2FN3O2S. The summed E-state index contributed by atoms with van der Waals surface area (Å²) in [6, 6.07) is 6.76. The van der Waals surface area contributed by atoms with Crippen LogP contribution in [0.5, 0.6) is 0 Å². The van der Waals surface area contributed by atoms with Gasteiger partial charge in [-0.3, -0.25) is 0 Å². The van der Waals surface area contributed by atoms with E-state index >= 15 is 0 Å². The van der Waals surface area contributed by atoms with Crippen LogP contribution in [0.15, 0.2) is 47.6 Å². The summed E-state index contributed by atoms with van der Waals surface area (Å²) < 4.78 is 42.0. The lowest BCUT2D eigenvalue weighted by Gasteiger charge is -2.06. The number of halogens is 3. The third-order valence-corrected chi connectivity index (χ3v) is 4.98. The number of aromatic nitrogens is 2. The minimum atomic E-state index is -4.01. The molecule has 0 radical (unpaired) electrons. The van der Waals surface area contributed by atoms with Crippen LogP contribution in [0.1, 0.15) is 5.69 Å². The summed E-state index contributed by atoms with van der Waals surface area (Å²) in [5.74, 6) is -0.910. The minimum absolute atomic E-state index is 0.0797. The standard InChI is InChI=1S/C14H10Cl2FN3O2S/c15-9-1-3-13(12(17)5-9)23(21,22)18-6-11-8-20-7-10(16)2-4-14(20)19-11/h1-5,7-8,18H,6H2. The number of nitrogens with one attached hydrogen (secondary N) is 1. The molecule has 0 saturated heterocycles. The predicted octanol–water partition coefficient (Wildman–Crippen LogP) is 3.26. The average molecular weight is 374 g/mol. The third-order valence-electron chi connectivity index (χ3n) is 3.09. The maximum atomic E-state index is 13.7. The van der Waals surface area contributed by atoms with E-state index in [-0.39, 0.29) is 11.6 Å². The highest BCUT2D eigenvalue weighted by molar-refractivity contribution is 7.89. The van der Waals surface area contributed by atoms with E-state index in [4.69, 9.17) is 23.2 Å². The van der Waals surface area contributed by atoms with Crippen molar-refractivity contribution in [1.82, 2.24) is 14.1 Å². The number of hydrogen-bond donors (Lipinski definition) is 1. The zero-order chi connectivity index (χ0) is 16.6. The van der Waals surface area contributed by atoms with Crippen molar-refractivity contribution in [2.75, 3.05) is 0 Å². The number of benzene rings is 1. The topological polar surface area (TPSA) is 63.5 Å². The maximum absolute atomic E-state index is 13.7. The van der Waals surface area contributed by atoms with E-state index in [2.05, 4.69) is 9.71 Å². The molecule has 0 spiro atoms. The number of rotatable bonds is 4. The molecule has 0 bridgehead atoms. The van der Waals surface area contributed by atoms with Gasteiger partial charge < -0.3 is 4.40 Å². The van der Waals surface area contributed by atoms with Gasteiger partial charge in [0.25, 0.3) is 0 Å². The number of fused-ring (bicyclic) bond motifs is 1. The van der Waals surface area contributed by atoms with Crippen molar-refractivity contribution in [2.24, 2.45) is 0 Å². The van der Waals surface area contributed by atoms with Gasteiger partial charge in [0, 0.05) is 17.4 Å². The van der Waals surface area contributed by atoms with Gasteiger partial charge in [0.15, 0.2) is 0 Å². The highest BCUT2D eigenvalue weighted by Gasteiger charge is 2.19. The van der Waals surface area contributed by atoms with Crippen LogP contribution in [-0.2, 0) is 16.6 Å². The summed E-state index contributed by atoms with van der Waals surface area (Å²) in [5.41, 5.74) is 1.10. The smallest absolute Gasteiger partial charge is 0.243 e. The molecule has 2 aromatic heterocycles. The Kier molecular flexibility index (Phi) is 4.29. The monoisotopic (exact) mass is 373 g/mol. The number of sulfonamides is 1. The molecule has 3 rings (SSSR count). The zero-order valence-electron chi connectivity index (χ0n) is 11.5. The second-order valence-electron chi connectivity index (χ2n) is 4.74. The van der Waals surface area contributed by atoms with Crippen LogP contribution in [-0.4, -0.2) is 17.8 Å². The Morgan fingerprint density at radius 3 is 2.61 bits per heavy atom. The van der Waals surface area contributed by atoms with E-state index in [0.29, 0.717) is 16.4 Å². The summed E-state index contributed by atoms with van der Waals surface area (Å²) in [5, 5.41) is 0.656. The van der Waals surface area contributed by atoms with E-state index in [1.165, 1.54) is 6.07 Å². The van der Waals surface area contributed by atoms with E-state index < -0.39 is 20.7 Å². The number of pyridine rings is 1. The second kappa shape index (κ2) is 6.09. The molecule has 0 saturated carbocycles. The molecule has 23 heavy (non-hydrogen) atoms. The quantitative estimate of drug-likeness (QED) is 0.763. The Hall–Kier alpha value is -1.67. The van der Waals surface area contributed by atoms with Gasteiger partial charge >= 0.3 is 0 Å². The average Bonchev–Trinajstić information content (AvgIpc) is 2.87. The molecule has 0 unspecified atom stereocenters. The zero-order valence-corrected chi connectivity index (χ0v) is 13.8. The lowest BCUT2D eigenvalue weighted by atomic mass is 10.3. The van der Waals surface area contributed by atoms with Gasteiger partial charge in [-0.25, -0.2) is 22.5 Å². The molecule has 0 amide bonds. The van der Waals surface area contributed by atoms with Crippen molar-refractivity contribution in [3.8, 4) is 0 Å². The fraction of sp³-hybridized carbons (Fsp3) is 0.0714. The fourth-order valence-corrected chi connectivity index (χ4v) is 3.43. The molecule has 2 heterocycles. The molecule has 1 N–H and O–H groups in total. The molecule has 9 heteroatoms. The van der Waals surface area contributed by atoms with Gasteiger partial charge in [-0.15, -0.1) is 0 Å². The molecule has 3 aromatic rings. The first-order valence-corrected chi connectivity index (χ1v) is 8.67. The molecule has 5 nitrogen and oxygen atoms in total. The number of nitrogens with zero attached hydrogens (tertiary/aromatic N) is 2. The van der Waals surface area contributed by atoms with E-state index in [9.17, 15) is 12.8 Å². The molecule has 0 aliphatic heterocycles. The van der Waals surface area contributed by atoms with Crippen LogP contribution in [0.3, 0.4) is 0 Å². The summed E-state index contributed by atoms with van der Waals surface area (Å²) in [6.07, 6.45) is 3.29. The lowest BCUT2D eigenvalue weighted by Crippen LogP contribution is -2.24. The van der Waals surface area contributed by atoms with Gasteiger partial charge in [0.1, 0.15) is 16.4 Å². The largest absolute Gasteiger partial charge is 0.305 e. The highest BCUT2D eigenvalue weighted by atomic mass is 35.5. The van der Waals surface area contributed by atoms with Gasteiger partial charge in [-0.05, 0) is 30.3 Å². The first kappa shape index (κ1) is 16.2. The number of imidazole rings is 1. The Bertz CT molecular complexity index is 989. The van der Waals surface area contributed by atoms with Crippen molar-refractivity contribution in [3.05, 3.63) is 64.3 Å². The van der Waals surface area contributed by atoms with Crippen LogP contribution in [0, 0.1) is 5.82 Å². The van der Waals surface area contributed by atoms with Crippen LogP contribution in [0.2, 0.25) is 10.0 Å². The summed E-state index contributed by atoms with van der Waals surface area (Å²) >= 11 is 11.5. The Balaban J connectivity index is 1.82. The van der Waals surface area contributed by atoms with Crippen LogP contribution in [0.4, 0.5) is 4.39 Å². The fourth-order valence-electron chi connectivity index (χ4n) is 2.04. The molecule has 120 valence electrons. The maximum Gasteiger partial charge on any atom is 0.243 e. The second-order valence-corrected chi connectivity index (χ2v) is 7.35. The highest BCUT2D eigenvalue weighted by Crippen LogP contribution is 2.19. The molecule has 0 aliphatic rings. The van der Waals surface area contributed by atoms with Crippen molar-refractivity contribution >= 4 is 38.9 Å². The third kappa shape index (κ3) is 3.48. The minimum Gasteiger partial charge on any atom is -0.305 e. The van der Waals surface area contributed by atoms with E-state index in [1.807, 2.05) is 0 Å². The molecule has 0 atom stereocenters. The van der Waals surface area contributed by atoms with E-state index in [0.717, 1.165) is 12.1 Å². The Morgan fingerprint density at radius 2 is 1.87 bits per heavy atom. The molecule has 1 aromatic carbocycles. The predicted molar refractivity (Wildman–Crippen MR) is 85.6 cm³/mol. The molecule has 0 aliphatic carbocycles. The summed E-state index contributed by atoms with van der Waals surface area (Å²) in [7, 11) is -4.01. The lowest BCUT2D eigenvalue weighted by molar-refractivity contribution is 0.556. The van der Waals surface area contributed by atoms with Crippen molar-refractivity contribution in [2.45, 2.75) is 11.4 Å². The summed E-state index contributed by atoms with van der Waals surface area (Å²) in [6.45, 7) is -0.0797. The van der Waals surface area contributed by atoms with Crippen LogP contribution >= 0.6 is 23.2 Å². The van der Waals surface area contributed by atoms with Gasteiger partial charge in [0.05, 0.1) is 17.3 Å². The van der Waals surface area contributed by atoms with Gasteiger partial charge in [-0.2, -0.15) is 0 Å². The van der Waals surface area contributed by atoms with Gasteiger partial charge in [-0.1, -0.05) is 23.2 Å². The van der Waals surface area contributed by atoms with Crippen molar-refractivity contribution < 1.29 is 12.8 Å². The normalized spacial score (nSPS) is 12.0. The van der Waals surface area contributed by atoms with E-state index in [1.54, 1.807) is 28.9 Å². The molecule has 0 fully saturated rings. The SMILES string of the molecule is O=S(=O)(NCc1cn2cc(Cl)ccc2n1)c1ccc(Cl)cc1F. The first-order valence-electron chi connectivity index (χ1n) is 6.43. The van der Waals surface area contributed by atoms with Crippen LogP contribution < -0.4 is 4.72 Å². The Labute approximate surface area is 141 Å². The Morgan fingerprint density at radius 1 is 1.13 bits per heavy atom. The molecular weight excluding hydrogens is 364 g/mol. The summed E-state index contributed by atoms with van der Waals surface area (Å²) in [4.78, 5) is 3.79. The van der Waals surface area contributed by atoms with Crippen molar-refractivity contribution in [1.29, 1.82) is 0 Å². The van der Waals surface area contributed by atoms with Crippen molar-refractivity contribution in [3.63, 3.8) is 0 Å². The number of hydrogen-bond acceptors (Lipinski definition) is 3. The van der Waals surface area contributed by atoms with Crippen LogP contribution in [0.25, 0.3) is 5.65 Å².